The molecule has 0 aliphatic rings. The van der Waals surface area contributed by atoms with Crippen molar-refractivity contribution >= 4 is 23.3 Å². The molecule has 118 valence electrons. The van der Waals surface area contributed by atoms with E-state index in [1.54, 1.807) is 27.4 Å². The van der Waals surface area contributed by atoms with Gasteiger partial charge in [-0.05, 0) is 30.3 Å². The number of para-hydroxylation sites is 2. The number of oxazole rings is 1. The zero-order valence-corrected chi connectivity index (χ0v) is 13.2. The van der Waals surface area contributed by atoms with E-state index >= 15 is 0 Å². The summed E-state index contributed by atoms with van der Waals surface area (Å²) in [4.78, 5) is 4.41. The molecule has 0 amide bonds. The Kier molecular flexibility index (Phi) is 4.19. The van der Waals surface area contributed by atoms with Crippen LogP contribution in [0.25, 0.3) is 23.3 Å². The minimum atomic E-state index is 0.531. The van der Waals surface area contributed by atoms with Crippen LogP contribution >= 0.6 is 0 Å². The van der Waals surface area contributed by atoms with Crippen molar-refractivity contribution in [3.63, 3.8) is 0 Å². The van der Waals surface area contributed by atoms with Gasteiger partial charge < -0.3 is 18.6 Å². The summed E-state index contributed by atoms with van der Waals surface area (Å²) in [6, 6.07) is 11.4. The highest BCUT2D eigenvalue weighted by molar-refractivity contribution is 5.78. The smallest absolute Gasteiger partial charge is 0.220 e. The van der Waals surface area contributed by atoms with Gasteiger partial charge in [-0.15, -0.1) is 0 Å². The van der Waals surface area contributed by atoms with E-state index < -0.39 is 0 Å². The number of hydrogen-bond acceptors (Lipinski definition) is 5. The fourth-order valence-corrected chi connectivity index (χ4v) is 2.38. The van der Waals surface area contributed by atoms with Gasteiger partial charge in [0.2, 0.25) is 11.6 Å². The van der Waals surface area contributed by atoms with Gasteiger partial charge in [-0.25, -0.2) is 4.98 Å². The van der Waals surface area contributed by atoms with E-state index in [0.717, 1.165) is 16.7 Å². The molecule has 0 aliphatic heterocycles. The van der Waals surface area contributed by atoms with Crippen molar-refractivity contribution in [1.29, 1.82) is 0 Å². The molecule has 5 nitrogen and oxygen atoms in total. The zero-order valence-electron chi connectivity index (χ0n) is 13.2. The van der Waals surface area contributed by atoms with Gasteiger partial charge in [-0.1, -0.05) is 12.1 Å². The Balaban J connectivity index is 1.98. The van der Waals surface area contributed by atoms with Gasteiger partial charge in [-0.2, -0.15) is 0 Å². The summed E-state index contributed by atoms with van der Waals surface area (Å²) in [6.07, 6.45) is 3.66. The second-order valence-electron chi connectivity index (χ2n) is 4.78. The van der Waals surface area contributed by atoms with Crippen LogP contribution in [0.5, 0.6) is 17.2 Å². The molecule has 0 fully saturated rings. The Labute approximate surface area is 134 Å². The molecule has 0 saturated heterocycles. The lowest BCUT2D eigenvalue weighted by molar-refractivity contribution is 0.324. The lowest BCUT2D eigenvalue weighted by Gasteiger charge is -2.13. The van der Waals surface area contributed by atoms with Crippen LogP contribution in [0.2, 0.25) is 0 Å². The van der Waals surface area contributed by atoms with Gasteiger partial charge in [-0.3, -0.25) is 0 Å². The van der Waals surface area contributed by atoms with E-state index in [1.165, 1.54) is 0 Å². The molecule has 0 spiro atoms. The van der Waals surface area contributed by atoms with Crippen molar-refractivity contribution in [3.05, 3.63) is 47.9 Å². The van der Waals surface area contributed by atoms with Crippen molar-refractivity contribution in [3.8, 4) is 17.2 Å². The van der Waals surface area contributed by atoms with Gasteiger partial charge in [0, 0.05) is 11.6 Å². The van der Waals surface area contributed by atoms with Gasteiger partial charge in [0.05, 0.1) is 21.3 Å². The summed E-state index contributed by atoms with van der Waals surface area (Å²) in [5, 5.41) is 0. The average Bonchev–Trinajstić information content (AvgIpc) is 3.01. The molecule has 0 atom stereocenters. The van der Waals surface area contributed by atoms with Crippen LogP contribution in [-0.4, -0.2) is 26.3 Å². The van der Waals surface area contributed by atoms with E-state index in [0.29, 0.717) is 23.1 Å². The first-order chi connectivity index (χ1) is 11.3. The largest absolute Gasteiger partial charge is 0.493 e. The number of hydrogen-bond donors (Lipinski definition) is 0. The first-order valence-electron chi connectivity index (χ1n) is 7.09. The first kappa shape index (κ1) is 15.0. The summed E-state index contributed by atoms with van der Waals surface area (Å²) in [7, 11) is 4.76. The molecule has 5 heteroatoms. The maximum atomic E-state index is 5.67. The minimum absolute atomic E-state index is 0.531. The van der Waals surface area contributed by atoms with Gasteiger partial charge >= 0.3 is 0 Å². The molecule has 3 aromatic rings. The highest BCUT2D eigenvalue weighted by atomic mass is 16.5. The maximum Gasteiger partial charge on any atom is 0.220 e. The number of rotatable bonds is 5. The SMILES string of the molecule is COc1ccc(C=Cc2nc3ccccc3o2)c(OC)c1OC. The van der Waals surface area contributed by atoms with Crippen LogP contribution in [0, 0.1) is 0 Å². The molecule has 2 aromatic carbocycles. The second-order valence-corrected chi connectivity index (χ2v) is 4.78. The van der Waals surface area contributed by atoms with Crippen molar-refractivity contribution in [2.75, 3.05) is 21.3 Å². The average molecular weight is 311 g/mol. The van der Waals surface area contributed by atoms with E-state index in [-0.39, 0.29) is 0 Å². The highest BCUT2D eigenvalue weighted by Gasteiger charge is 2.14. The van der Waals surface area contributed by atoms with Gasteiger partial charge in [0.25, 0.3) is 0 Å². The monoisotopic (exact) mass is 311 g/mol. The lowest BCUT2D eigenvalue weighted by atomic mass is 10.1. The second kappa shape index (κ2) is 6.44. The molecule has 0 saturated carbocycles. The number of benzene rings is 2. The Hall–Kier alpha value is -2.95. The van der Waals surface area contributed by atoms with E-state index in [4.69, 9.17) is 18.6 Å². The lowest BCUT2D eigenvalue weighted by Crippen LogP contribution is -1.96. The zero-order chi connectivity index (χ0) is 16.2. The first-order valence-corrected chi connectivity index (χ1v) is 7.09. The van der Waals surface area contributed by atoms with Crippen LogP contribution < -0.4 is 14.2 Å². The third-order valence-corrected chi connectivity index (χ3v) is 3.45. The molecule has 0 N–H and O–H groups in total. The van der Waals surface area contributed by atoms with Crippen molar-refractivity contribution in [2.24, 2.45) is 0 Å². The summed E-state index contributed by atoms with van der Waals surface area (Å²) < 4.78 is 21.8. The predicted molar refractivity (Wildman–Crippen MR) is 89.0 cm³/mol. The highest BCUT2D eigenvalue weighted by Crippen LogP contribution is 2.40. The minimum Gasteiger partial charge on any atom is -0.493 e. The number of fused-ring (bicyclic) bond motifs is 1. The molecule has 1 heterocycles. The van der Waals surface area contributed by atoms with Gasteiger partial charge in [0.15, 0.2) is 17.1 Å². The molecule has 0 bridgehead atoms. The van der Waals surface area contributed by atoms with Crippen LogP contribution in [-0.2, 0) is 0 Å². The Morgan fingerprint density at radius 3 is 2.35 bits per heavy atom. The third kappa shape index (κ3) is 2.85. The molecular formula is C18H17NO4. The molecule has 0 aliphatic carbocycles. The fraction of sp³-hybridized carbons (Fsp3) is 0.167. The molecule has 23 heavy (non-hydrogen) atoms. The number of methoxy groups -OCH3 is 3. The van der Waals surface area contributed by atoms with Crippen molar-refractivity contribution in [2.45, 2.75) is 0 Å². The van der Waals surface area contributed by atoms with Gasteiger partial charge in [0.1, 0.15) is 5.52 Å². The summed E-state index contributed by atoms with van der Waals surface area (Å²) in [6.45, 7) is 0. The molecule has 3 rings (SSSR count). The third-order valence-electron chi connectivity index (χ3n) is 3.45. The topological polar surface area (TPSA) is 53.7 Å². The summed E-state index contributed by atoms with van der Waals surface area (Å²) >= 11 is 0. The van der Waals surface area contributed by atoms with E-state index in [2.05, 4.69) is 4.98 Å². The molecular weight excluding hydrogens is 294 g/mol. The molecule has 0 radical (unpaired) electrons. The number of ether oxygens (including phenoxy) is 3. The van der Waals surface area contributed by atoms with Crippen molar-refractivity contribution in [1.82, 2.24) is 4.98 Å². The summed E-state index contributed by atoms with van der Waals surface area (Å²) in [5.74, 6) is 2.29. The Morgan fingerprint density at radius 2 is 1.65 bits per heavy atom. The summed E-state index contributed by atoms with van der Waals surface area (Å²) in [5.41, 5.74) is 2.42. The number of aromatic nitrogens is 1. The Morgan fingerprint density at radius 1 is 0.870 bits per heavy atom. The van der Waals surface area contributed by atoms with Crippen molar-refractivity contribution < 1.29 is 18.6 Å². The van der Waals surface area contributed by atoms with Crippen LogP contribution in [0.4, 0.5) is 0 Å². The van der Waals surface area contributed by atoms with Crippen LogP contribution in [0.1, 0.15) is 11.5 Å². The van der Waals surface area contributed by atoms with Crippen LogP contribution in [0.3, 0.4) is 0 Å². The maximum absolute atomic E-state index is 5.67. The fourth-order valence-electron chi connectivity index (χ4n) is 2.38. The normalized spacial score (nSPS) is 11.1. The predicted octanol–water partition coefficient (Wildman–Crippen LogP) is 4.02. The Bertz CT molecular complexity index is 818. The number of nitrogens with zero attached hydrogens (tertiary/aromatic N) is 1. The standard InChI is InChI=1S/C18H17NO4/c1-20-15-10-8-12(17(21-2)18(15)22-3)9-11-16-19-13-6-4-5-7-14(13)23-16/h4-11H,1-3H3. The molecule has 1 aromatic heterocycles. The molecule has 0 unspecified atom stereocenters. The van der Waals surface area contributed by atoms with Crippen LogP contribution in [0.15, 0.2) is 40.8 Å². The quantitative estimate of drug-likeness (QED) is 0.712. The van der Waals surface area contributed by atoms with E-state index in [1.807, 2.05) is 42.5 Å². The van der Waals surface area contributed by atoms with E-state index in [9.17, 15) is 0 Å².